The molecular formula is C62H94N10O8. The molecule has 6 atom stereocenters. The van der Waals surface area contributed by atoms with Gasteiger partial charge in [-0.2, -0.15) is 0 Å². The van der Waals surface area contributed by atoms with Crippen molar-refractivity contribution in [2.75, 3.05) is 66.5 Å². The minimum Gasteiger partial charge on any atom is -0.347 e. The Morgan fingerprint density at radius 1 is 0.487 bits per heavy atom. The van der Waals surface area contributed by atoms with Crippen molar-refractivity contribution in [2.24, 2.45) is 23.7 Å². The molecule has 2 aromatic carbocycles. The lowest BCUT2D eigenvalue weighted by molar-refractivity contribution is -0.141. The zero-order chi connectivity index (χ0) is 57.0. The van der Waals surface area contributed by atoms with Crippen LogP contribution in [0.1, 0.15) is 141 Å². The fourth-order valence-electron chi connectivity index (χ4n) is 12.9. The van der Waals surface area contributed by atoms with E-state index in [1.54, 1.807) is 37.7 Å². The molecule has 7 rings (SSSR count). The summed E-state index contributed by atoms with van der Waals surface area (Å²) in [6.07, 6.45) is 15.9. The Kier molecular flexibility index (Phi) is 24.2. The van der Waals surface area contributed by atoms with E-state index in [-0.39, 0.29) is 96.1 Å². The van der Waals surface area contributed by atoms with Crippen molar-refractivity contribution in [2.45, 2.75) is 179 Å². The number of hydrogen-bond acceptors (Lipinski definition) is 10. The maximum atomic E-state index is 14.5. The van der Waals surface area contributed by atoms with Crippen LogP contribution in [0, 0.1) is 23.7 Å². The molecule has 5 fully saturated rings. The van der Waals surface area contributed by atoms with Gasteiger partial charge in [-0.25, -0.2) is 0 Å². The molecule has 8 amide bonds. The molecule has 80 heavy (non-hydrogen) atoms. The van der Waals surface area contributed by atoms with Crippen molar-refractivity contribution in [3.8, 4) is 0 Å². The fourth-order valence-corrected chi connectivity index (χ4v) is 12.9. The van der Waals surface area contributed by atoms with Gasteiger partial charge >= 0.3 is 0 Å². The topological polar surface area (TPSA) is 222 Å². The standard InChI is InChI=1S/C62H94N10O8/c1-43(63-3)57(75)67-55(47-23-13-7-14-24-47)61(79)71-35-17-27-51(71)41-69(37-33-45-19-9-5-10-20-45)53(73)39-65-59(77)49-29-31-50(32-30-49)60(78)66-40-54(74)70(38-34-46-21-11-6-12-22-46)42-52-28-18-36-72(52)62(80)56(48-25-15-8-16-26-48)68-58(76)44(2)64-4/h5-6,9-12,19-22,43-44,47-52,55-56,63-64H,7-8,13-18,23-42H2,1-4H3,(H,65,77)(H,66,78)(H,67,75)(H,68,76)/t43-,44-,49?,50?,51-,52+,55-,56-/m0/s1. The van der Waals surface area contributed by atoms with Gasteiger partial charge in [-0.1, -0.05) is 99.2 Å². The number of likely N-dealkylation sites (tertiary alicyclic amines) is 2. The number of hydrogen-bond donors (Lipinski definition) is 6. The lowest BCUT2D eigenvalue weighted by Crippen LogP contribution is -2.58. The molecule has 0 bridgehead atoms. The van der Waals surface area contributed by atoms with Crippen LogP contribution < -0.4 is 31.9 Å². The summed E-state index contributed by atoms with van der Waals surface area (Å²) in [6, 6.07) is 17.2. The average molecular weight is 1110 g/mol. The quantitative estimate of drug-likeness (QED) is 0.0775. The minimum absolute atomic E-state index is 0.0524. The second-order valence-electron chi connectivity index (χ2n) is 23.6. The lowest BCUT2D eigenvalue weighted by Gasteiger charge is -2.37. The number of rotatable bonds is 26. The molecule has 3 aliphatic carbocycles. The first-order valence-electron chi connectivity index (χ1n) is 30.5. The van der Waals surface area contributed by atoms with E-state index in [9.17, 15) is 38.4 Å². The maximum absolute atomic E-state index is 14.5. The third-order valence-electron chi connectivity index (χ3n) is 18.2. The smallest absolute Gasteiger partial charge is 0.245 e. The number of nitrogens with one attached hydrogen (secondary N) is 6. The zero-order valence-electron chi connectivity index (χ0n) is 48.4. The van der Waals surface area contributed by atoms with Gasteiger partial charge in [-0.15, -0.1) is 0 Å². The molecule has 18 heteroatoms. The van der Waals surface area contributed by atoms with Crippen molar-refractivity contribution in [3.63, 3.8) is 0 Å². The van der Waals surface area contributed by atoms with Gasteiger partial charge in [-0.05, 0) is 141 Å². The molecule has 0 aromatic heterocycles. The van der Waals surface area contributed by atoms with Gasteiger partial charge in [0.1, 0.15) is 12.1 Å². The van der Waals surface area contributed by atoms with Crippen LogP contribution in [0.25, 0.3) is 0 Å². The van der Waals surface area contributed by atoms with E-state index in [2.05, 4.69) is 31.9 Å². The van der Waals surface area contributed by atoms with Crippen LogP contribution in [0.4, 0.5) is 0 Å². The molecule has 0 radical (unpaired) electrons. The molecule has 3 saturated carbocycles. The van der Waals surface area contributed by atoms with Crippen LogP contribution in [0.3, 0.4) is 0 Å². The highest BCUT2D eigenvalue weighted by Crippen LogP contribution is 2.33. The SMILES string of the molecule is CN[C@@H](C)C(=O)N[C@H](C(=O)N1CCC[C@@H]1CN(CCc1ccccc1)C(=O)CNC(=O)C1CCC(C(=O)NCC(=O)N(CCc2ccccc2)C[C@@H]2CCCN2C(=O)[C@@H](NC(=O)[C@H](C)NC)C2CCCCC2)CC1)C1CCCCC1. The van der Waals surface area contributed by atoms with Gasteiger partial charge in [0, 0.05) is 63.2 Å². The second kappa shape index (κ2) is 31.4. The Balaban J connectivity index is 0.922. The van der Waals surface area contributed by atoms with Gasteiger partial charge in [-0.3, -0.25) is 38.4 Å². The minimum atomic E-state index is -0.630. The number of benzene rings is 2. The first-order valence-corrected chi connectivity index (χ1v) is 30.5. The predicted molar refractivity (Wildman–Crippen MR) is 308 cm³/mol. The van der Waals surface area contributed by atoms with Crippen LogP contribution in [0.5, 0.6) is 0 Å². The first kappa shape index (κ1) is 61.7. The van der Waals surface area contributed by atoms with Gasteiger partial charge in [0.15, 0.2) is 0 Å². The highest BCUT2D eigenvalue weighted by molar-refractivity contribution is 5.92. The number of carbonyl (C=O) groups is 8. The highest BCUT2D eigenvalue weighted by atomic mass is 16.2. The van der Waals surface area contributed by atoms with E-state index in [1.165, 1.54) is 0 Å². The van der Waals surface area contributed by atoms with Crippen molar-refractivity contribution in [3.05, 3.63) is 71.8 Å². The highest BCUT2D eigenvalue weighted by Gasteiger charge is 2.42. The Bertz CT molecular complexity index is 2180. The van der Waals surface area contributed by atoms with Crippen LogP contribution in [-0.2, 0) is 51.2 Å². The summed E-state index contributed by atoms with van der Waals surface area (Å²) < 4.78 is 0. The van der Waals surface area contributed by atoms with E-state index in [4.69, 9.17) is 0 Å². The summed E-state index contributed by atoms with van der Waals surface area (Å²) >= 11 is 0. The van der Waals surface area contributed by atoms with E-state index in [0.717, 1.165) is 101 Å². The molecule has 0 unspecified atom stereocenters. The van der Waals surface area contributed by atoms with Crippen molar-refractivity contribution >= 4 is 47.3 Å². The predicted octanol–water partition coefficient (Wildman–Crippen LogP) is 4.50. The lowest BCUT2D eigenvalue weighted by atomic mass is 9.81. The molecule has 2 aliphatic heterocycles. The Hall–Kier alpha value is -5.88. The second-order valence-corrected chi connectivity index (χ2v) is 23.6. The summed E-state index contributed by atoms with van der Waals surface area (Å²) in [7, 11) is 3.46. The molecule has 2 aromatic rings. The third kappa shape index (κ3) is 17.6. The van der Waals surface area contributed by atoms with Crippen LogP contribution >= 0.6 is 0 Å². The van der Waals surface area contributed by atoms with Crippen molar-refractivity contribution in [1.82, 2.24) is 51.5 Å². The Morgan fingerprint density at radius 3 is 1.20 bits per heavy atom. The molecule has 5 aliphatic rings. The van der Waals surface area contributed by atoms with E-state index >= 15 is 0 Å². The summed E-state index contributed by atoms with van der Waals surface area (Å²) in [5.41, 5.74) is 2.15. The molecule has 440 valence electrons. The summed E-state index contributed by atoms with van der Waals surface area (Å²) in [5, 5.41) is 18.1. The fraction of sp³-hybridized carbons (Fsp3) is 0.677. The molecular weight excluding hydrogens is 1010 g/mol. The van der Waals surface area contributed by atoms with E-state index in [0.29, 0.717) is 77.8 Å². The maximum Gasteiger partial charge on any atom is 0.245 e. The number of likely N-dealkylation sites (N-methyl/N-ethyl adjacent to an activating group) is 2. The zero-order valence-corrected chi connectivity index (χ0v) is 48.4. The third-order valence-corrected chi connectivity index (χ3v) is 18.2. The largest absolute Gasteiger partial charge is 0.347 e. The summed E-state index contributed by atoms with van der Waals surface area (Å²) in [4.78, 5) is 119. The molecule has 2 heterocycles. The molecule has 6 N–H and O–H groups in total. The van der Waals surface area contributed by atoms with Gasteiger partial charge in [0.05, 0.1) is 25.2 Å². The Labute approximate surface area is 475 Å². The van der Waals surface area contributed by atoms with E-state index < -0.39 is 24.2 Å². The molecule has 0 spiro atoms. The Morgan fingerprint density at radius 2 is 0.850 bits per heavy atom. The summed E-state index contributed by atoms with van der Waals surface area (Å²) in [6.45, 7) is 5.73. The normalized spacial score (nSPS) is 22.3. The first-order chi connectivity index (χ1) is 38.7. The van der Waals surface area contributed by atoms with Crippen LogP contribution in [0.15, 0.2) is 60.7 Å². The van der Waals surface area contributed by atoms with Crippen LogP contribution in [0.2, 0.25) is 0 Å². The number of amides is 8. The average Bonchev–Trinajstić information content (AvgIpc) is 4.19. The van der Waals surface area contributed by atoms with E-state index in [1.807, 2.05) is 70.5 Å². The number of nitrogens with zero attached hydrogens (tertiary/aromatic N) is 4. The molecule has 18 nitrogen and oxygen atoms in total. The van der Waals surface area contributed by atoms with Gasteiger partial charge in [0.2, 0.25) is 47.3 Å². The summed E-state index contributed by atoms with van der Waals surface area (Å²) in [5.74, 6) is -2.16. The van der Waals surface area contributed by atoms with Gasteiger partial charge < -0.3 is 51.5 Å². The number of carbonyl (C=O) groups excluding carboxylic acids is 8. The van der Waals surface area contributed by atoms with Gasteiger partial charge in [0.25, 0.3) is 0 Å². The van der Waals surface area contributed by atoms with Crippen molar-refractivity contribution in [1.29, 1.82) is 0 Å². The van der Waals surface area contributed by atoms with Crippen molar-refractivity contribution < 1.29 is 38.4 Å². The molecule has 2 saturated heterocycles. The van der Waals surface area contributed by atoms with Crippen LogP contribution in [-0.4, -0.2) is 170 Å². The monoisotopic (exact) mass is 1110 g/mol.